The average molecular weight is 293 g/mol. The van der Waals surface area contributed by atoms with E-state index in [9.17, 15) is 0 Å². The van der Waals surface area contributed by atoms with Crippen LogP contribution in [0.2, 0.25) is 0 Å². The topological polar surface area (TPSA) is 37.0 Å². The van der Waals surface area contributed by atoms with Gasteiger partial charge in [0.05, 0.1) is 0 Å². The summed E-state index contributed by atoms with van der Waals surface area (Å²) in [6.45, 7) is 2.18. The lowest BCUT2D eigenvalue weighted by molar-refractivity contribution is 0.479. The lowest BCUT2D eigenvalue weighted by Crippen LogP contribution is -2.38. The second kappa shape index (κ2) is 6.30. The minimum absolute atomic E-state index is 0. The van der Waals surface area contributed by atoms with Crippen LogP contribution in [0.15, 0.2) is 22.8 Å². The summed E-state index contributed by atoms with van der Waals surface area (Å²) in [6.07, 6.45) is 2.47. The highest BCUT2D eigenvalue weighted by molar-refractivity contribution is 9.10. The first-order chi connectivity index (χ1) is 6.84. The molecule has 0 bridgehead atoms. The molecule has 2 rings (SSSR count). The van der Waals surface area contributed by atoms with E-state index in [4.69, 9.17) is 0 Å². The molecule has 0 unspecified atom stereocenters. The highest BCUT2D eigenvalue weighted by atomic mass is 79.9. The number of aromatic nitrogens is 1. The Balaban J connectivity index is 0.00000112. The van der Waals surface area contributed by atoms with E-state index in [0.29, 0.717) is 6.04 Å². The van der Waals surface area contributed by atoms with Crippen LogP contribution in [0.5, 0.6) is 0 Å². The Bertz CT molecular complexity index is 302. The molecule has 1 aromatic heterocycles. The molecule has 3 nitrogen and oxygen atoms in total. The van der Waals surface area contributed by atoms with Crippen LogP contribution >= 0.6 is 28.3 Å². The van der Waals surface area contributed by atoms with Gasteiger partial charge in [-0.15, -0.1) is 12.4 Å². The Morgan fingerprint density at radius 1 is 1.47 bits per heavy atom. The third-order valence-electron chi connectivity index (χ3n) is 2.36. The summed E-state index contributed by atoms with van der Waals surface area (Å²) in [6, 6.07) is 6.45. The van der Waals surface area contributed by atoms with Crippen molar-refractivity contribution in [3.63, 3.8) is 0 Å². The Labute approximate surface area is 105 Å². The van der Waals surface area contributed by atoms with Crippen LogP contribution in [-0.4, -0.2) is 24.1 Å². The van der Waals surface area contributed by atoms with Crippen LogP contribution in [0.4, 0.5) is 5.82 Å². The molecule has 0 radical (unpaired) electrons. The van der Waals surface area contributed by atoms with Gasteiger partial charge in [0.2, 0.25) is 0 Å². The molecule has 1 saturated heterocycles. The fraction of sp³-hybridized carbons (Fsp3) is 0.500. The third-order valence-corrected chi connectivity index (χ3v) is 2.81. The van der Waals surface area contributed by atoms with E-state index in [0.717, 1.165) is 23.5 Å². The van der Waals surface area contributed by atoms with E-state index in [-0.39, 0.29) is 12.4 Å². The summed E-state index contributed by atoms with van der Waals surface area (Å²) in [7, 11) is 0. The van der Waals surface area contributed by atoms with E-state index in [2.05, 4.69) is 31.5 Å². The fourth-order valence-electron chi connectivity index (χ4n) is 1.67. The first-order valence-electron chi connectivity index (χ1n) is 4.94. The van der Waals surface area contributed by atoms with Gasteiger partial charge in [-0.05, 0) is 47.4 Å². The molecular formula is C10H15BrClN3. The normalized spacial score (nSPS) is 20.5. The molecule has 1 fully saturated rings. The van der Waals surface area contributed by atoms with Crippen molar-refractivity contribution in [2.24, 2.45) is 0 Å². The van der Waals surface area contributed by atoms with Gasteiger partial charge in [-0.3, -0.25) is 0 Å². The maximum absolute atomic E-state index is 4.35. The van der Waals surface area contributed by atoms with E-state index in [1.165, 1.54) is 12.8 Å². The molecule has 1 atom stereocenters. The number of hydrogen-bond donors (Lipinski definition) is 2. The summed E-state index contributed by atoms with van der Waals surface area (Å²) < 4.78 is 0.881. The van der Waals surface area contributed by atoms with E-state index >= 15 is 0 Å². The molecule has 2 N–H and O–H groups in total. The van der Waals surface area contributed by atoms with Gasteiger partial charge in [0.15, 0.2) is 0 Å². The number of hydrogen-bond acceptors (Lipinski definition) is 3. The zero-order valence-corrected chi connectivity index (χ0v) is 10.8. The molecule has 0 aliphatic carbocycles. The molecule has 1 aromatic rings. The van der Waals surface area contributed by atoms with Gasteiger partial charge in [-0.25, -0.2) is 4.98 Å². The third kappa shape index (κ3) is 3.97. The first-order valence-corrected chi connectivity index (χ1v) is 5.74. The van der Waals surface area contributed by atoms with Gasteiger partial charge >= 0.3 is 0 Å². The van der Waals surface area contributed by atoms with Crippen molar-refractivity contribution in [3.8, 4) is 0 Å². The van der Waals surface area contributed by atoms with Crippen LogP contribution in [0.1, 0.15) is 12.8 Å². The van der Waals surface area contributed by atoms with Gasteiger partial charge in [-0.2, -0.15) is 0 Å². The Morgan fingerprint density at radius 2 is 2.33 bits per heavy atom. The SMILES string of the molecule is Brc1cccc(N[C@@H]2CCCNC2)n1.Cl. The van der Waals surface area contributed by atoms with Crippen LogP contribution < -0.4 is 10.6 Å². The number of piperidine rings is 1. The standard InChI is InChI=1S/C10H14BrN3.ClH/c11-9-4-1-5-10(14-9)13-8-3-2-6-12-7-8;/h1,4-5,8,12H,2-3,6-7H2,(H,13,14);1H/t8-;/m1./s1. The molecule has 15 heavy (non-hydrogen) atoms. The van der Waals surface area contributed by atoms with Crippen molar-refractivity contribution in [1.82, 2.24) is 10.3 Å². The molecule has 2 heterocycles. The number of anilines is 1. The van der Waals surface area contributed by atoms with Crippen molar-refractivity contribution in [3.05, 3.63) is 22.8 Å². The summed E-state index contributed by atoms with van der Waals surface area (Å²) in [5, 5.41) is 6.79. The minimum atomic E-state index is 0. The van der Waals surface area contributed by atoms with Crippen molar-refractivity contribution in [2.75, 3.05) is 18.4 Å². The lowest BCUT2D eigenvalue weighted by Gasteiger charge is -2.24. The molecule has 1 aliphatic rings. The van der Waals surface area contributed by atoms with Gasteiger partial charge in [0.1, 0.15) is 10.4 Å². The summed E-state index contributed by atoms with van der Waals surface area (Å²) >= 11 is 3.36. The summed E-state index contributed by atoms with van der Waals surface area (Å²) in [4.78, 5) is 4.35. The number of nitrogens with one attached hydrogen (secondary N) is 2. The van der Waals surface area contributed by atoms with E-state index in [1.54, 1.807) is 0 Å². The molecule has 1 aliphatic heterocycles. The predicted octanol–water partition coefficient (Wildman–Crippen LogP) is 2.43. The maximum Gasteiger partial charge on any atom is 0.127 e. The quantitative estimate of drug-likeness (QED) is 0.822. The van der Waals surface area contributed by atoms with Gasteiger partial charge in [0, 0.05) is 12.6 Å². The monoisotopic (exact) mass is 291 g/mol. The second-order valence-corrected chi connectivity index (χ2v) is 4.35. The minimum Gasteiger partial charge on any atom is -0.366 e. The zero-order chi connectivity index (χ0) is 9.80. The van der Waals surface area contributed by atoms with Crippen molar-refractivity contribution in [1.29, 1.82) is 0 Å². The predicted molar refractivity (Wildman–Crippen MR) is 68.7 cm³/mol. The number of nitrogens with zero attached hydrogens (tertiary/aromatic N) is 1. The lowest BCUT2D eigenvalue weighted by atomic mass is 10.1. The smallest absolute Gasteiger partial charge is 0.127 e. The van der Waals surface area contributed by atoms with Gasteiger partial charge in [0.25, 0.3) is 0 Å². The zero-order valence-electron chi connectivity index (χ0n) is 8.37. The molecule has 0 saturated carbocycles. The highest BCUT2D eigenvalue weighted by Gasteiger charge is 2.12. The maximum atomic E-state index is 4.35. The Kier molecular flexibility index (Phi) is 5.36. The largest absolute Gasteiger partial charge is 0.366 e. The molecule has 0 aromatic carbocycles. The van der Waals surface area contributed by atoms with Crippen LogP contribution in [0.3, 0.4) is 0 Å². The second-order valence-electron chi connectivity index (χ2n) is 3.53. The van der Waals surface area contributed by atoms with Crippen molar-refractivity contribution < 1.29 is 0 Å². The average Bonchev–Trinajstić information content (AvgIpc) is 2.19. The van der Waals surface area contributed by atoms with Crippen LogP contribution in [-0.2, 0) is 0 Å². The summed E-state index contributed by atoms with van der Waals surface area (Å²) in [5.41, 5.74) is 0. The molecule has 84 valence electrons. The Hall–Kier alpha value is -0.320. The Morgan fingerprint density at radius 3 is 3.00 bits per heavy atom. The number of halogens is 2. The van der Waals surface area contributed by atoms with Crippen LogP contribution in [0.25, 0.3) is 0 Å². The first kappa shape index (κ1) is 12.7. The van der Waals surface area contributed by atoms with E-state index in [1.807, 2.05) is 18.2 Å². The summed E-state index contributed by atoms with van der Waals surface area (Å²) in [5.74, 6) is 0.952. The molecule has 0 amide bonds. The number of rotatable bonds is 2. The van der Waals surface area contributed by atoms with E-state index < -0.39 is 0 Å². The number of pyridine rings is 1. The van der Waals surface area contributed by atoms with Gasteiger partial charge < -0.3 is 10.6 Å². The van der Waals surface area contributed by atoms with Crippen molar-refractivity contribution >= 4 is 34.2 Å². The van der Waals surface area contributed by atoms with Crippen molar-refractivity contribution in [2.45, 2.75) is 18.9 Å². The molecule has 0 spiro atoms. The van der Waals surface area contributed by atoms with Crippen LogP contribution in [0, 0.1) is 0 Å². The fourth-order valence-corrected chi connectivity index (χ4v) is 2.02. The molecule has 5 heteroatoms. The molecular weight excluding hydrogens is 277 g/mol. The highest BCUT2D eigenvalue weighted by Crippen LogP contribution is 2.13. The van der Waals surface area contributed by atoms with Gasteiger partial charge in [-0.1, -0.05) is 6.07 Å².